The lowest BCUT2D eigenvalue weighted by molar-refractivity contribution is -0.126. The largest absolute Gasteiger partial charge is 0.350 e. The van der Waals surface area contributed by atoms with Crippen molar-refractivity contribution in [3.8, 4) is 0 Å². The maximum atomic E-state index is 11.4. The SMILES string of the molecule is CCCC(C)(C)NC(=O)CNC(=O)CN.Cl. The van der Waals surface area contributed by atoms with E-state index in [1.807, 2.05) is 13.8 Å². The van der Waals surface area contributed by atoms with Crippen LogP contribution in [-0.2, 0) is 9.59 Å². The fourth-order valence-corrected chi connectivity index (χ4v) is 1.36. The van der Waals surface area contributed by atoms with Crippen LogP contribution in [0.5, 0.6) is 0 Å². The number of nitrogens with two attached hydrogens (primary N) is 1. The zero-order valence-corrected chi connectivity index (χ0v) is 10.9. The van der Waals surface area contributed by atoms with Gasteiger partial charge in [-0.05, 0) is 20.3 Å². The Bertz CT molecular complexity index is 232. The van der Waals surface area contributed by atoms with E-state index in [1.165, 1.54) is 0 Å². The van der Waals surface area contributed by atoms with Crippen LogP contribution < -0.4 is 16.4 Å². The molecule has 96 valence electrons. The summed E-state index contributed by atoms with van der Waals surface area (Å²) in [5.41, 5.74) is 4.87. The standard InChI is InChI=1S/C10H21N3O2.ClH/c1-4-5-10(2,3)13-9(15)7-12-8(14)6-11;/h4-7,11H2,1-3H3,(H,12,14)(H,13,15);1H. The fraction of sp³-hybridized carbons (Fsp3) is 0.800. The Labute approximate surface area is 103 Å². The van der Waals surface area contributed by atoms with Crippen LogP contribution in [-0.4, -0.2) is 30.4 Å². The van der Waals surface area contributed by atoms with Crippen molar-refractivity contribution in [3.63, 3.8) is 0 Å². The molecular formula is C10H22ClN3O2. The second-order valence-electron chi connectivity index (χ2n) is 4.16. The molecule has 0 heterocycles. The maximum Gasteiger partial charge on any atom is 0.239 e. The minimum atomic E-state index is -0.321. The number of amides is 2. The van der Waals surface area contributed by atoms with Gasteiger partial charge in [-0.15, -0.1) is 12.4 Å². The molecule has 0 aliphatic rings. The van der Waals surface area contributed by atoms with E-state index in [0.29, 0.717) is 0 Å². The topological polar surface area (TPSA) is 84.2 Å². The van der Waals surface area contributed by atoms with Crippen molar-refractivity contribution in [2.24, 2.45) is 5.73 Å². The van der Waals surface area contributed by atoms with Gasteiger partial charge in [0, 0.05) is 5.54 Å². The van der Waals surface area contributed by atoms with Crippen molar-refractivity contribution in [1.29, 1.82) is 0 Å². The van der Waals surface area contributed by atoms with Gasteiger partial charge in [0.25, 0.3) is 0 Å². The van der Waals surface area contributed by atoms with E-state index in [0.717, 1.165) is 12.8 Å². The van der Waals surface area contributed by atoms with E-state index >= 15 is 0 Å². The first kappa shape index (κ1) is 17.6. The molecule has 0 rings (SSSR count). The van der Waals surface area contributed by atoms with Crippen LogP contribution in [0.15, 0.2) is 0 Å². The molecule has 16 heavy (non-hydrogen) atoms. The van der Waals surface area contributed by atoms with Crippen molar-refractivity contribution in [2.45, 2.75) is 39.2 Å². The number of halogens is 1. The molecule has 0 aromatic heterocycles. The summed E-state index contributed by atoms with van der Waals surface area (Å²) in [7, 11) is 0. The lowest BCUT2D eigenvalue weighted by Crippen LogP contribution is -2.48. The highest BCUT2D eigenvalue weighted by atomic mass is 35.5. The van der Waals surface area contributed by atoms with Gasteiger partial charge >= 0.3 is 0 Å². The third-order valence-corrected chi connectivity index (χ3v) is 1.98. The first-order valence-corrected chi connectivity index (χ1v) is 5.19. The third kappa shape index (κ3) is 8.49. The summed E-state index contributed by atoms with van der Waals surface area (Å²) in [4.78, 5) is 22.2. The monoisotopic (exact) mass is 251 g/mol. The van der Waals surface area contributed by atoms with Crippen molar-refractivity contribution >= 4 is 24.2 Å². The predicted octanol–water partition coefficient (Wildman–Crippen LogP) is 0.178. The average molecular weight is 252 g/mol. The van der Waals surface area contributed by atoms with Crippen LogP contribution in [0, 0.1) is 0 Å². The van der Waals surface area contributed by atoms with Crippen molar-refractivity contribution in [1.82, 2.24) is 10.6 Å². The molecule has 0 radical (unpaired) electrons. The zero-order chi connectivity index (χ0) is 11.9. The molecule has 0 aliphatic heterocycles. The summed E-state index contributed by atoms with van der Waals surface area (Å²) < 4.78 is 0. The highest BCUT2D eigenvalue weighted by molar-refractivity contribution is 5.86. The molecule has 0 saturated heterocycles. The van der Waals surface area contributed by atoms with E-state index in [9.17, 15) is 9.59 Å². The second-order valence-corrected chi connectivity index (χ2v) is 4.16. The van der Waals surface area contributed by atoms with Crippen LogP contribution in [0.4, 0.5) is 0 Å². The van der Waals surface area contributed by atoms with Gasteiger partial charge in [-0.1, -0.05) is 13.3 Å². The van der Waals surface area contributed by atoms with Gasteiger partial charge in [0.05, 0.1) is 13.1 Å². The fourth-order valence-electron chi connectivity index (χ4n) is 1.36. The van der Waals surface area contributed by atoms with Gasteiger partial charge in [-0.2, -0.15) is 0 Å². The minimum absolute atomic E-state index is 0. The molecule has 0 unspecified atom stereocenters. The van der Waals surface area contributed by atoms with Gasteiger partial charge in [0.2, 0.25) is 11.8 Å². The van der Waals surface area contributed by atoms with Crippen LogP contribution in [0.3, 0.4) is 0 Å². The molecule has 0 saturated carbocycles. The second kappa shape index (κ2) is 8.35. The number of hydrogen-bond donors (Lipinski definition) is 3. The van der Waals surface area contributed by atoms with E-state index in [-0.39, 0.29) is 42.8 Å². The molecule has 6 heteroatoms. The molecule has 0 aliphatic carbocycles. The van der Waals surface area contributed by atoms with E-state index < -0.39 is 0 Å². The highest BCUT2D eigenvalue weighted by Gasteiger charge is 2.18. The summed E-state index contributed by atoms with van der Waals surface area (Å²) in [5.74, 6) is -0.506. The number of rotatable bonds is 6. The van der Waals surface area contributed by atoms with Gasteiger partial charge in [-0.25, -0.2) is 0 Å². The van der Waals surface area contributed by atoms with Gasteiger partial charge < -0.3 is 16.4 Å². The maximum absolute atomic E-state index is 11.4. The Hall–Kier alpha value is -0.810. The Morgan fingerprint density at radius 1 is 1.25 bits per heavy atom. The Morgan fingerprint density at radius 3 is 2.25 bits per heavy atom. The summed E-state index contributed by atoms with van der Waals surface area (Å²) in [6.07, 6.45) is 1.91. The Morgan fingerprint density at radius 2 is 1.81 bits per heavy atom. The summed E-state index contributed by atoms with van der Waals surface area (Å²) >= 11 is 0. The van der Waals surface area contributed by atoms with Crippen LogP contribution in [0.2, 0.25) is 0 Å². The number of carbonyl (C=O) groups excluding carboxylic acids is 2. The van der Waals surface area contributed by atoms with Gasteiger partial charge in [-0.3, -0.25) is 9.59 Å². The van der Waals surface area contributed by atoms with E-state index in [1.54, 1.807) is 0 Å². The third-order valence-electron chi connectivity index (χ3n) is 1.98. The molecule has 0 bridgehead atoms. The number of carbonyl (C=O) groups is 2. The molecule has 4 N–H and O–H groups in total. The quantitative estimate of drug-likeness (QED) is 0.630. The summed E-state index contributed by atoms with van der Waals surface area (Å²) in [6.45, 7) is 5.87. The summed E-state index contributed by atoms with van der Waals surface area (Å²) in [6, 6.07) is 0. The highest BCUT2D eigenvalue weighted by Crippen LogP contribution is 2.09. The van der Waals surface area contributed by atoms with Crippen molar-refractivity contribution < 1.29 is 9.59 Å². The molecule has 0 spiro atoms. The van der Waals surface area contributed by atoms with E-state index in [2.05, 4.69) is 17.6 Å². The molecule has 2 amide bonds. The normalized spacial score (nSPS) is 10.2. The minimum Gasteiger partial charge on any atom is -0.350 e. The van der Waals surface area contributed by atoms with Gasteiger partial charge in [0.1, 0.15) is 0 Å². The number of nitrogens with one attached hydrogen (secondary N) is 2. The summed E-state index contributed by atoms with van der Waals surface area (Å²) in [5, 5.41) is 5.26. The smallest absolute Gasteiger partial charge is 0.239 e. The first-order valence-electron chi connectivity index (χ1n) is 5.19. The lowest BCUT2D eigenvalue weighted by atomic mass is 9.99. The molecule has 0 aromatic rings. The molecular weight excluding hydrogens is 230 g/mol. The van der Waals surface area contributed by atoms with E-state index in [4.69, 9.17) is 5.73 Å². The predicted molar refractivity (Wildman–Crippen MR) is 66.4 cm³/mol. The van der Waals surface area contributed by atoms with Crippen molar-refractivity contribution in [2.75, 3.05) is 13.1 Å². The first-order chi connectivity index (χ1) is 6.91. The van der Waals surface area contributed by atoms with Crippen molar-refractivity contribution in [3.05, 3.63) is 0 Å². The molecule has 0 aromatic carbocycles. The molecule has 5 nitrogen and oxygen atoms in total. The van der Waals surface area contributed by atoms with Crippen LogP contribution in [0.25, 0.3) is 0 Å². The number of hydrogen-bond acceptors (Lipinski definition) is 3. The zero-order valence-electron chi connectivity index (χ0n) is 10.1. The Balaban J connectivity index is 0. The Kier molecular flexibility index (Phi) is 9.18. The molecule has 0 fully saturated rings. The van der Waals surface area contributed by atoms with Gasteiger partial charge in [0.15, 0.2) is 0 Å². The molecule has 0 atom stereocenters. The lowest BCUT2D eigenvalue weighted by Gasteiger charge is -2.25. The average Bonchev–Trinajstić information content (AvgIpc) is 2.13. The van der Waals surface area contributed by atoms with Crippen LogP contribution >= 0.6 is 12.4 Å². The van der Waals surface area contributed by atoms with Crippen LogP contribution in [0.1, 0.15) is 33.6 Å².